The van der Waals surface area contributed by atoms with E-state index in [0.717, 1.165) is 0 Å². The Bertz CT molecular complexity index is 1590. The van der Waals surface area contributed by atoms with Crippen LogP contribution in [0.15, 0.2) is 53.8 Å². The molecule has 1 N–H and O–H groups in total. The van der Waals surface area contributed by atoms with Crippen LogP contribution < -0.4 is 15.0 Å². The molecule has 19 heteroatoms. The van der Waals surface area contributed by atoms with E-state index in [9.17, 15) is 19.2 Å². The Morgan fingerprint density at radius 1 is 0.652 bits per heavy atom. The van der Waals surface area contributed by atoms with Gasteiger partial charge in [-0.25, -0.2) is 39.3 Å². The molecule has 0 saturated carbocycles. The standard InChI is InChI=1S/C8H10N2O3.C7H7ClN2O2.C7H8N2O3.C5H5ClN2O/c1-3-13-8(11)7-9-5-4-6(10-7)12-2;1-2-12-7(11)6-9-4-3-5(8)10-6;1-2-12-7(11)6-8-4-3-5(10)9-6;1-9-4-2-3-7-5(6)8-4/h4-5H,3H2,1-2H3;3-4H,2H2,1H3;3-4H,2H2,1H3,(H,8,9,10);2-3H,1H3. The van der Waals surface area contributed by atoms with E-state index in [4.69, 9.17) is 37.4 Å². The van der Waals surface area contributed by atoms with Crippen LogP contribution in [0.4, 0.5) is 0 Å². The second-order valence-electron chi connectivity index (χ2n) is 7.44. The first-order valence-corrected chi connectivity index (χ1v) is 13.8. The molecule has 0 aromatic carbocycles. The van der Waals surface area contributed by atoms with Crippen LogP contribution in [0, 0.1) is 0 Å². The molecule has 4 rings (SSSR count). The lowest BCUT2D eigenvalue weighted by molar-refractivity contribution is 0.0502. The summed E-state index contributed by atoms with van der Waals surface area (Å²) >= 11 is 11.0. The maximum absolute atomic E-state index is 11.1. The Morgan fingerprint density at radius 3 is 1.61 bits per heavy atom. The van der Waals surface area contributed by atoms with Crippen LogP contribution in [0.3, 0.4) is 0 Å². The van der Waals surface area contributed by atoms with Crippen LogP contribution in [-0.4, -0.2) is 91.8 Å². The fraction of sp³-hybridized carbons (Fsp3) is 0.296. The van der Waals surface area contributed by atoms with Crippen molar-refractivity contribution < 1.29 is 38.1 Å². The first-order chi connectivity index (χ1) is 22.1. The van der Waals surface area contributed by atoms with Crippen molar-refractivity contribution in [1.29, 1.82) is 0 Å². The zero-order chi connectivity index (χ0) is 34.3. The number of halogens is 2. The molecule has 0 spiro atoms. The number of carbonyl (C=O) groups excluding carboxylic acids is 3. The summed E-state index contributed by atoms with van der Waals surface area (Å²) in [7, 11) is 3.00. The minimum atomic E-state index is -0.616. The molecule has 0 aliphatic heterocycles. The number of aromatic nitrogens is 8. The Labute approximate surface area is 272 Å². The molecule has 4 heterocycles. The average Bonchev–Trinajstić information content (AvgIpc) is 3.06. The van der Waals surface area contributed by atoms with Gasteiger partial charge in [0.1, 0.15) is 5.15 Å². The first-order valence-electron chi connectivity index (χ1n) is 13.0. The number of carbonyl (C=O) groups is 3. The Morgan fingerprint density at radius 2 is 1.13 bits per heavy atom. The molecule has 0 saturated heterocycles. The summed E-state index contributed by atoms with van der Waals surface area (Å²) in [6.45, 7) is 5.98. The van der Waals surface area contributed by atoms with Crippen LogP contribution in [0.2, 0.25) is 10.4 Å². The van der Waals surface area contributed by atoms with Crippen molar-refractivity contribution in [2.45, 2.75) is 20.8 Å². The zero-order valence-electron chi connectivity index (χ0n) is 25.3. The van der Waals surface area contributed by atoms with Crippen LogP contribution >= 0.6 is 23.2 Å². The third-order valence-electron chi connectivity index (χ3n) is 4.33. The summed E-state index contributed by atoms with van der Waals surface area (Å²) < 4.78 is 23.6. The normalized spacial score (nSPS) is 9.37. The number of methoxy groups -OCH3 is 2. The second-order valence-corrected chi connectivity index (χ2v) is 8.16. The number of aromatic amines is 1. The Kier molecular flexibility index (Phi) is 18.7. The van der Waals surface area contributed by atoms with Gasteiger partial charge in [-0.2, -0.15) is 9.97 Å². The van der Waals surface area contributed by atoms with E-state index in [-0.39, 0.29) is 40.1 Å². The lowest BCUT2D eigenvalue weighted by Gasteiger charge is -2.01. The van der Waals surface area contributed by atoms with E-state index in [0.29, 0.717) is 25.0 Å². The summed E-state index contributed by atoms with van der Waals surface area (Å²) in [6, 6.07) is 5.90. The van der Waals surface area contributed by atoms with Gasteiger partial charge in [0.2, 0.25) is 34.5 Å². The molecule has 17 nitrogen and oxygen atoms in total. The highest BCUT2D eigenvalue weighted by Crippen LogP contribution is 2.07. The summed E-state index contributed by atoms with van der Waals surface area (Å²) in [5, 5.41) is 0.433. The molecule has 0 atom stereocenters. The average molecular weight is 681 g/mol. The Hall–Kier alpha value is -5.29. The van der Waals surface area contributed by atoms with Gasteiger partial charge in [0.25, 0.3) is 5.56 Å². The molecule has 4 aromatic rings. The van der Waals surface area contributed by atoms with Gasteiger partial charge in [-0.3, -0.25) is 4.79 Å². The number of nitrogens with zero attached hydrogens (tertiary/aromatic N) is 7. The maximum Gasteiger partial charge on any atom is 0.376 e. The number of H-pyrrole nitrogens is 1. The number of hydrogen-bond acceptors (Lipinski definition) is 16. The smallest absolute Gasteiger partial charge is 0.376 e. The second kappa shape index (κ2) is 22.3. The molecule has 0 amide bonds. The van der Waals surface area contributed by atoms with Gasteiger partial charge in [0, 0.05) is 43.0 Å². The van der Waals surface area contributed by atoms with Gasteiger partial charge < -0.3 is 28.7 Å². The number of nitrogens with one attached hydrogen (secondary N) is 1. The van der Waals surface area contributed by atoms with Gasteiger partial charge in [-0.1, -0.05) is 11.6 Å². The molecule has 4 aromatic heterocycles. The van der Waals surface area contributed by atoms with Crippen molar-refractivity contribution in [2.75, 3.05) is 34.0 Å². The minimum absolute atomic E-state index is 0.00986. The van der Waals surface area contributed by atoms with Crippen molar-refractivity contribution in [2.24, 2.45) is 0 Å². The number of rotatable bonds is 8. The zero-order valence-corrected chi connectivity index (χ0v) is 26.8. The highest BCUT2D eigenvalue weighted by molar-refractivity contribution is 6.29. The predicted octanol–water partition coefficient (Wildman–Crippen LogP) is 3.05. The lowest BCUT2D eigenvalue weighted by atomic mass is 10.5. The van der Waals surface area contributed by atoms with E-state index < -0.39 is 17.9 Å². The summed E-state index contributed by atoms with van der Waals surface area (Å²) in [5.41, 5.74) is -0.368. The van der Waals surface area contributed by atoms with Crippen LogP contribution in [-0.2, 0) is 14.2 Å². The van der Waals surface area contributed by atoms with E-state index in [1.54, 1.807) is 32.9 Å². The highest BCUT2D eigenvalue weighted by Gasteiger charge is 2.11. The molecular formula is C27H30Cl2N8O9. The summed E-state index contributed by atoms with van der Waals surface area (Å²) in [4.78, 5) is 71.9. The molecule has 0 radical (unpaired) electrons. The monoisotopic (exact) mass is 680 g/mol. The van der Waals surface area contributed by atoms with Gasteiger partial charge in [0.05, 0.1) is 34.0 Å². The maximum atomic E-state index is 11.1. The molecule has 0 aliphatic rings. The SMILES string of the molecule is CCOC(=O)c1nccc(=O)[nH]1.CCOC(=O)c1nccc(Cl)n1.CCOC(=O)c1nccc(OC)n1.COc1ccnc(Cl)n1. The van der Waals surface area contributed by atoms with Crippen molar-refractivity contribution in [3.05, 3.63) is 87.3 Å². The third-order valence-corrected chi connectivity index (χ3v) is 4.72. The van der Waals surface area contributed by atoms with Crippen molar-refractivity contribution in [1.82, 2.24) is 39.9 Å². The predicted molar refractivity (Wildman–Crippen MR) is 162 cm³/mol. The summed E-state index contributed by atoms with van der Waals surface area (Å²) in [5.74, 6) is -0.945. The fourth-order valence-electron chi connectivity index (χ4n) is 2.49. The highest BCUT2D eigenvalue weighted by atomic mass is 35.5. The molecule has 46 heavy (non-hydrogen) atoms. The van der Waals surface area contributed by atoms with Gasteiger partial charge >= 0.3 is 17.9 Å². The van der Waals surface area contributed by atoms with E-state index in [1.807, 2.05) is 0 Å². The van der Waals surface area contributed by atoms with Gasteiger partial charge in [0.15, 0.2) is 0 Å². The van der Waals surface area contributed by atoms with Crippen LogP contribution in [0.25, 0.3) is 0 Å². The topological polar surface area (TPSA) is 220 Å². The Balaban J connectivity index is 0.000000309. The third kappa shape index (κ3) is 15.4. The largest absolute Gasteiger partial charge is 0.481 e. The number of esters is 3. The fourth-order valence-corrected chi connectivity index (χ4v) is 2.76. The van der Waals surface area contributed by atoms with Crippen molar-refractivity contribution in [3.63, 3.8) is 0 Å². The minimum Gasteiger partial charge on any atom is -0.481 e. The molecule has 0 unspecified atom stereocenters. The van der Waals surface area contributed by atoms with Crippen LogP contribution in [0.5, 0.6) is 11.8 Å². The first kappa shape index (κ1) is 38.7. The summed E-state index contributed by atoms with van der Waals surface area (Å²) in [6.07, 6.45) is 5.64. The molecule has 0 bridgehead atoms. The molecule has 246 valence electrons. The van der Waals surface area contributed by atoms with Crippen molar-refractivity contribution in [3.8, 4) is 11.8 Å². The van der Waals surface area contributed by atoms with Crippen LogP contribution in [0.1, 0.15) is 52.6 Å². The quantitative estimate of drug-likeness (QED) is 0.122. The van der Waals surface area contributed by atoms with E-state index >= 15 is 0 Å². The van der Waals surface area contributed by atoms with Gasteiger partial charge in [-0.05, 0) is 38.4 Å². The van der Waals surface area contributed by atoms with E-state index in [2.05, 4.69) is 49.3 Å². The molecule has 0 aliphatic carbocycles. The van der Waals surface area contributed by atoms with Crippen molar-refractivity contribution >= 4 is 41.1 Å². The lowest BCUT2D eigenvalue weighted by Crippen LogP contribution is -2.15. The van der Waals surface area contributed by atoms with Gasteiger partial charge in [-0.15, -0.1) is 0 Å². The molecule has 0 fully saturated rings. The number of ether oxygens (including phenoxy) is 5. The molecular weight excluding hydrogens is 651 g/mol. The number of hydrogen-bond donors (Lipinski definition) is 1. The van der Waals surface area contributed by atoms with E-state index in [1.165, 1.54) is 51.1 Å².